The van der Waals surface area contributed by atoms with E-state index in [0.29, 0.717) is 16.4 Å². The predicted octanol–water partition coefficient (Wildman–Crippen LogP) is 4.95. The number of carbonyl (C=O) groups excluding carboxylic acids is 2. The Labute approximate surface area is 198 Å². The molecule has 0 N–H and O–H groups in total. The maximum absolute atomic E-state index is 13.5. The van der Waals surface area contributed by atoms with Crippen molar-refractivity contribution in [2.24, 2.45) is 5.92 Å². The molecule has 33 heavy (non-hydrogen) atoms. The largest absolute Gasteiger partial charge is 0.273 e. The second kappa shape index (κ2) is 8.15. The molecule has 2 amide bonds. The average Bonchev–Trinajstić information content (AvgIpc) is 3.32. The molecular formula is C23H15Cl2N3O5. The second-order valence-electron chi connectivity index (χ2n) is 7.62. The Morgan fingerprint density at radius 3 is 2.30 bits per heavy atom. The summed E-state index contributed by atoms with van der Waals surface area (Å²) in [6.07, 6.45) is -1.10. The van der Waals surface area contributed by atoms with Gasteiger partial charge in [0.25, 0.3) is 11.6 Å². The molecule has 8 nitrogen and oxygen atoms in total. The van der Waals surface area contributed by atoms with Crippen molar-refractivity contribution in [2.75, 3.05) is 9.96 Å². The van der Waals surface area contributed by atoms with E-state index in [1.165, 1.54) is 35.4 Å². The fourth-order valence-electron chi connectivity index (χ4n) is 4.25. The van der Waals surface area contributed by atoms with Crippen molar-refractivity contribution in [3.8, 4) is 0 Å². The van der Waals surface area contributed by atoms with Crippen LogP contribution in [-0.4, -0.2) is 22.8 Å². The van der Waals surface area contributed by atoms with Crippen LogP contribution >= 0.6 is 23.2 Å². The highest BCUT2D eigenvalue weighted by Gasteiger charge is 2.60. The maximum Gasteiger partial charge on any atom is 0.271 e. The zero-order valence-electron chi connectivity index (χ0n) is 16.8. The number of halogens is 2. The van der Waals surface area contributed by atoms with E-state index in [0.717, 1.165) is 10.5 Å². The third kappa shape index (κ3) is 3.52. The predicted molar refractivity (Wildman–Crippen MR) is 122 cm³/mol. The van der Waals surface area contributed by atoms with Gasteiger partial charge in [-0.05, 0) is 29.8 Å². The summed E-state index contributed by atoms with van der Waals surface area (Å²) in [5.41, 5.74) is 1.27. The molecule has 2 fully saturated rings. The lowest BCUT2D eigenvalue weighted by Crippen LogP contribution is -2.37. The molecule has 10 heteroatoms. The molecule has 3 atom stereocenters. The highest BCUT2D eigenvalue weighted by molar-refractivity contribution is 6.42. The second-order valence-corrected chi connectivity index (χ2v) is 8.43. The van der Waals surface area contributed by atoms with Crippen molar-refractivity contribution in [3.63, 3.8) is 0 Å². The Morgan fingerprint density at radius 2 is 1.61 bits per heavy atom. The van der Waals surface area contributed by atoms with E-state index < -0.39 is 34.8 Å². The smallest absolute Gasteiger partial charge is 0.271 e. The van der Waals surface area contributed by atoms with Gasteiger partial charge >= 0.3 is 0 Å². The third-order valence-corrected chi connectivity index (χ3v) is 6.45. The minimum Gasteiger partial charge on any atom is -0.273 e. The first-order valence-corrected chi connectivity index (χ1v) is 10.7. The van der Waals surface area contributed by atoms with Crippen LogP contribution in [0.15, 0.2) is 72.8 Å². The van der Waals surface area contributed by atoms with Gasteiger partial charge in [0.15, 0.2) is 6.10 Å². The number of hydroxylamine groups is 1. The van der Waals surface area contributed by atoms with Crippen LogP contribution < -0.4 is 9.96 Å². The molecule has 2 heterocycles. The standard InChI is InChI=1S/C23H15Cl2N3O5/c24-17-10-9-14(12-18(17)25)26-22(29)19-20(13-5-2-1-3-6-13)27(33-21(19)23(26)30)15-7-4-8-16(11-15)28(31)32/h1-12,19-21H/t19-,20-,21-/m0/s1. The lowest BCUT2D eigenvalue weighted by atomic mass is 9.90. The summed E-state index contributed by atoms with van der Waals surface area (Å²) in [5.74, 6) is -1.86. The van der Waals surface area contributed by atoms with Gasteiger partial charge in [0.05, 0.1) is 32.4 Å². The normalized spacial score (nSPS) is 22.1. The van der Waals surface area contributed by atoms with Crippen LogP contribution in [0, 0.1) is 16.0 Å². The number of fused-ring (bicyclic) bond motifs is 1. The average molecular weight is 484 g/mol. The van der Waals surface area contributed by atoms with Crippen molar-refractivity contribution >= 4 is 52.1 Å². The van der Waals surface area contributed by atoms with Crippen molar-refractivity contribution in [2.45, 2.75) is 12.1 Å². The van der Waals surface area contributed by atoms with Crippen LogP contribution in [0.5, 0.6) is 0 Å². The van der Waals surface area contributed by atoms with Crippen molar-refractivity contribution < 1.29 is 19.3 Å². The summed E-state index contributed by atoms with van der Waals surface area (Å²) in [5, 5.41) is 13.2. The number of non-ortho nitro benzene ring substituents is 1. The van der Waals surface area contributed by atoms with Gasteiger partial charge in [-0.2, -0.15) is 0 Å². The molecular weight excluding hydrogens is 469 g/mol. The molecule has 2 aliphatic heterocycles. The van der Waals surface area contributed by atoms with E-state index in [4.69, 9.17) is 28.0 Å². The van der Waals surface area contributed by atoms with Crippen LogP contribution in [0.4, 0.5) is 17.1 Å². The van der Waals surface area contributed by atoms with E-state index in [1.54, 1.807) is 12.1 Å². The molecule has 0 aromatic heterocycles. The highest BCUT2D eigenvalue weighted by Crippen LogP contribution is 2.48. The summed E-state index contributed by atoms with van der Waals surface area (Å²) in [4.78, 5) is 44.7. The van der Waals surface area contributed by atoms with E-state index in [-0.39, 0.29) is 10.7 Å². The van der Waals surface area contributed by atoms with Gasteiger partial charge in [0.2, 0.25) is 5.91 Å². The van der Waals surface area contributed by atoms with E-state index in [2.05, 4.69) is 0 Å². The number of carbonyl (C=O) groups is 2. The first kappa shape index (κ1) is 21.4. The molecule has 0 unspecified atom stereocenters. The molecule has 166 valence electrons. The number of amides is 2. The Bertz CT molecular complexity index is 1290. The number of nitro benzene ring substituents is 1. The molecule has 0 bridgehead atoms. The fourth-order valence-corrected chi connectivity index (χ4v) is 4.54. The maximum atomic E-state index is 13.5. The Kier molecular flexibility index (Phi) is 5.28. The van der Waals surface area contributed by atoms with Gasteiger partial charge in [0.1, 0.15) is 5.92 Å². The van der Waals surface area contributed by atoms with E-state index in [9.17, 15) is 19.7 Å². The molecule has 0 aliphatic carbocycles. The van der Waals surface area contributed by atoms with Gasteiger partial charge in [-0.25, -0.2) is 9.96 Å². The number of rotatable bonds is 4. The SMILES string of the molecule is O=C1[C@@H]2[C@H](ON(c3cccc([N+](=O)[O-])c3)[C@H]2c2ccccc2)C(=O)N1c1ccc(Cl)c(Cl)c1. The molecule has 3 aromatic rings. The summed E-state index contributed by atoms with van der Waals surface area (Å²) in [6, 6.07) is 18.8. The molecule has 2 saturated heterocycles. The molecule has 2 aliphatic rings. The minimum absolute atomic E-state index is 0.130. The topological polar surface area (TPSA) is 93.0 Å². The van der Waals surface area contributed by atoms with Crippen LogP contribution in [0.3, 0.4) is 0 Å². The van der Waals surface area contributed by atoms with E-state index in [1.807, 2.05) is 30.3 Å². The van der Waals surface area contributed by atoms with Crippen LogP contribution in [0.25, 0.3) is 0 Å². The number of hydrogen-bond acceptors (Lipinski definition) is 6. The zero-order valence-corrected chi connectivity index (χ0v) is 18.3. The first-order chi connectivity index (χ1) is 15.9. The summed E-state index contributed by atoms with van der Waals surface area (Å²) in [6.45, 7) is 0. The molecule has 5 rings (SSSR count). The summed E-state index contributed by atoms with van der Waals surface area (Å²) in [7, 11) is 0. The van der Waals surface area contributed by atoms with Crippen molar-refractivity contribution in [1.29, 1.82) is 0 Å². The summed E-state index contributed by atoms with van der Waals surface area (Å²) >= 11 is 12.1. The molecule has 0 saturated carbocycles. The van der Waals surface area contributed by atoms with E-state index >= 15 is 0 Å². The van der Waals surface area contributed by atoms with Gasteiger partial charge in [-0.15, -0.1) is 0 Å². The quantitative estimate of drug-likeness (QED) is 0.296. The molecule has 0 radical (unpaired) electrons. The van der Waals surface area contributed by atoms with Crippen LogP contribution in [0.2, 0.25) is 10.0 Å². The lowest BCUT2D eigenvalue weighted by Gasteiger charge is -2.28. The van der Waals surface area contributed by atoms with Crippen LogP contribution in [0.1, 0.15) is 11.6 Å². The Balaban J connectivity index is 1.58. The van der Waals surface area contributed by atoms with Gasteiger partial charge in [-0.1, -0.05) is 59.6 Å². The number of benzene rings is 3. The minimum atomic E-state index is -1.10. The van der Waals surface area contributed by atoms with Crippen LogP contribution in [-0.2, 0) is 14.4 Å². The van der Waals surface area contributed by atoms with Crippen molar-refractivity contribution in [1.82, 2.24) is 0 Å². The molecule has 0 spiro atoms. The first-order valence-electron chi connectivity index (χ1n) is 9.95. The number of anilines is 2. The van der Waals surface area contributed by atoms with Gasteiger partial charge in [-0.3, -0.25) is 24.5 Å². The van der Waals surface area contributed by atoms with Gasteiger partial charge in [0, 0.05) is 12.1 Å². The highest BCUT2D eigenvalue weighted by atomic mass is 35.5. The number of hydrogen-bond donors (Lipinski definition) is 0. The monoisotopic (exact) mass is 483 g/mol. The fraction of sp³-hybridized carbons (Fsp3) is 0.130. The molecule has 3 aromatic carbocycles. The number of nitro groups is 1. The van der Waals surface area contributed by atoms with Crippen molar-refractivity contribution in [3.05, 3.63) is 98.5 Å². The third-order valence-electron chi connectivity index (χ3n) is 5.71. The Hall–Kier alpha value is -3.46. The zero-order chi connectivity index (χ0) is 23.3. The van der Waals surface area contributed by atoms with Gasteiger partial charge < -0.3 is 0 Å². The number of imide groups is 1. The lowest BCUT2D eigenvalue weighted by molar-refractivity contribution is -0.384. The summed E-state index contributed by atoms with van der Waals surface area (Å²) < 4.78 is 0. The number of nitrogens with zero attached hydrogens (tertiary/aromatic N) is 3. The Morgan fingerprint density at radius 1 is 0.848 bits per heavy atom.